The number of hydrogen-bond donors (Lipinski definition) is 1. The molecule has 2 aliphatic rings. The molecule has 3 nitrogen and oxygen atoms in total. The van der Waals surface area contributed by atoms with Gasteiger partial charge in [0.05, 0.1) is 6.10 Å². The van der Waals surface area contributed by atoms with Crippen LogP contribution >= 0.6 is 0 Å². The largest absolute Gasteiger partial charge is 0.380 e. The Morgan fingerprint density at radius 2 is 2.06 bits per heavy atom. The summed E-state index contributed by atoms with van der Waals surface area (Å²) in [4.78, 5) is 2.59. The Kier molecular flexibility index (Phi) is 4.62. The molecule has 0 bridgehead atoms. The van der Waals surface area contributed by atoms with E-state index in [1.807, 2.05) is 7.11 Å². The van der Waals surface area contributed by atoms with E-state index in [4.69, 9.17) is 4.74 Å². The molecule has 0 radical (unpaired) electrons. The first-order valence-corrected chi connectivity index (χ1v) is 6.76. The topological polar surface area (TPSA) is 24.5 Å². The molecule has 94 valence electrons. The van der Waals surface area contributed by atoms with Crippen molar-refractivity contribution in [3.8, 4) is 0 Å². The summed E-state index contributed by atoms with van der Waals surface area (Å²) in [5, 5.41) is 3.50. The van der Waals surface area contributed by atoms with Crippen LogP contribution in [0.4, 0.5) is 0 Å². The van der Waals surface area contributed by atoms with E-state index in [0.717, 1.165) is 18.5 Å². The molecule has 1 N–H and O–H groups in total. The maximum atomic E-state index is 5.43. The van der Waals surface area contributed by atoms with E-state index in [1.54, 1.807) is 0 Å². The number of nitrogens with one attached hydrogen (secondary N) is 1. The Morgan fingerprint density at radius 1 is 1.25 bits per heavy atom. The summed E-state index contributed by atoms with van der Waals surface area (Å²) in [6.07, 6.45) is 7.29. The molecule has 3 heteroatoms. The van der Waals surface area contributed by atoms with Crippen LogP contribution in [-0.4, -0.2) is 50.8 Å². The SMILES string of the molecule is CNC1CCCCC1CN1CCC(OC)C1. The molecule has 2 rings (SSSR count). The van der Waals surface area contributed by atoms with E-state index in [1.165, 1.54) is 45.2 Å². The molecule has 1 aliphatic carbocycles. The zero-order valence-electron chi connectivity index (χ0n) is 10.7. The summed E-state index contributed by atoms with van der Waals surface area (Å²) in [5.41, 5.74) is 0. The fourth-order valence-corrected chi connectivity index (χ4v) is 3.29. The molecule has 0 spiro atoms. The lowest BCUT2D eigenvalue weighted by molar-refractivity contribution is 0.102. The van der Waals surface area contributed by atoms with Crippen LogP contribution in [-0.2, 0) is 4.74 Å². The van der Waals surface area contributed by atoms with E-state index in [0.29, 0.717) is 6.10 Å². The molecular weight excluding hydrogens is 200 g/mol. The minimum absolute atomic E-state index is 0.483. The van der Waals surface area contributed by atoms with Gasteiger partial charge in [-0.05, 0) is 32.2 Å². The number of methoxy groups -OCH3 is 1. The zero-order valence-corrected chi connectivity index (χ0v) is 10.7. The number of nitrogens with zero attached hydrogens (tertiary/aromatic N) is 1. The first-order valence-electron chi connectivity index (χ1n) is 6.76. The van der Waals surface area contributed by atoms with Gasteiger partial charge < -0.3 is 15.0 Å². The maximum Gasteiger partial charge on any atom is 0.0710 e. The van der Waals surface area contributed by atoms with E-state index < -0.39 is 0 Å². The van der Waals surface area contributed by atoms with Crippen LogP contribution in [0.15, 0.2) is 0 Å². The first-order chi connectivity index (χ1) is 7.83. The third-order valence-corrected chi connectivity index (χ3v) is 4.34. The van der Waals surface area contributed by atoms with E-state index >= 15 is 0 Å². The first kappa shape index (κ1) is 12.3. The highest BCUT2D eigenvalue weighted by molar-refractivity contribution is 4.85. The van der Waals surface area contributed by atoms with Gasteiger partial charge in [0.15, 0.2) is 0 Å². The highest BCUT2D eigenvalue weighted by atomic mass is 16.5. The highest BCUT2D eigenvalue weighted by Crippen LogP contribution is 2.26. The molecule has 1 saturated carbocycles. The van der Waals surface area contributed by atoms with E-state index in [2.05, 4.69) is 17.3 Å². The monoisotopic (exact) mass is 226 g/mol. The van der Waals surface area contributed by atoms with Gasteiger partial charge in [0.25, 0.3) is 0 Å². The second-order valence-corrected chi connectivity index (χ2v) is 5.35. The summed E-state index contributed by atoms with van der Waals surface area (Å²) < 4.78 is 5.43. The quantitative estimate of drug-likeness (QED) is 0.786. The Bertz CT molecular complexity index is 210. The predicted molar refractivity (Wildman–Crippen MR) is 66.7 cm³/mol. The van der Waals surface area contributed by atoms with Crippen LogP contribution in [0.2, 0.25) is 0 Å². The average Bonchev–Trinajstić information content (AvgIpc) is 2.77. The molecular formula is C13H26N2O. The maximum absolute atomic E-state index is 5.43. The van der Waals surface area contributed by atoms with Gasteiger partial charge >= 0.3 is 0 Å². The molecule has 3 atom stereocenters. The Hall–Kier alpha value is -0.120. The van der Waals surface area contributed by atoms with Crippen LogP contribution < -0.4 is 5.32 Å². The molecule has 1 heterocycles. The Balaban J connectivity index is 1.79. The van der Waals surface area contributed by atoms with Crippen molar-refractivity contribution >= 4 is 0 Å². The fourth-order valence-electron chi connectivity index (χ4n) is 3.29. The average molecular weight is 226 g/mol. The summed E-state index contributed by atoms with van der Waals surface area (Å²) in [6, 6.07) is 0.746. The predicted octanol–water partition coefficient (Wildman–Crippen LogP) is 1.49. The van der Waals surface area contributed by atoms with Gasteiger partial charge in [-0.2, -0.15) is 0 Å². The van der Waals surface area contributed by atoms with Crippen molar-refractivity contribution in [1.29, 1.82) is 0 Å². The fraction of sp³-hybridized carbons (Fsp3) is 1.00. The molecule has 2 fully saturated rings. The summed E-state index contributed by atoms with van der Waals surface area (Å²) in [5.74, 6) is 0.856. The van der Waals surface area contributed by atoms with Gasteiger partial charge in [0.2, 0.25) is 0 Å². The number of hydrogen-bond acceptors (Lipinski definition) is 3. The number of ether oxygens (including phenoxy) is 1. The molecule has 0 aromatic carbocycles. The number of rotatable bonds is 4. The van der Waals surface area contributed by atoms with Crippen molar-refractivity contribution < 1.29 is 4.74 Å². The zero-order chi connectivity index (χ0) is 11.4. The molecule has 1 saturated heterocycles. The Labute approximate surface area is 99.5 Å². The van der Waals surface area contributed by atoms with E-state index in [9.17, 15) is 0 Å². The molecule has 16 heavy (non-hydrogen) atoms. The van der Waals surface area contributed by atoms with Gasteiger partial charge in [-0.1, -0.05) is 12.8 Å². The third kappa shape index (κ3) is 2.96. The van der Waals surface area contributed by atoms with Crippen LogP contribution in [0.5, 0.6) is 0 Å². The van der Waals surface area contributed by atoms with E-state index in [-0.39, 0.29) is 0 Å². The van der Waals surface area contributed by atoms with Crippen molar-refractivity contribution in [1.82, 2.24) is 10.2 Å². The molecule has 0 aromatic heterocycles. The van der Waals surface area contributed by atoms with Crippen molar-refractivity contribution in [3.63, 3.8) is 0 Å². The van der Waals surface area contributed by atoms with Crippen molar-refractivity contribution in [3.05, 3.63) is 0 Å². The molecule has 3 unspecified atom stereocenters. The van der Waals surface area contributed by atoms with Crippen LogP contribution in [0.1, 0.15) is 32.1 Å². The van der Waals surface area contributed by atoms with Crippen LogP contribution in [0, 0.1) is 5.92 Å². The van der Waals surface area contributed by atoms with Gasteiger partial charge in [-0.15, -0.1) is 0 Å². The standard InChI is InChI=1S/C13H26N2O/c1-14-13-6-4-3-5-11(13)9-15-8-7-12(10-15)16-2/h11-14H,3-10H2,1-2H3. The van der Waals surface area contributed by atoms with Crippen LogP contribution in [0.25, 0.3) is 0 Å². The second-order valence-electron chi connectivity index (χ2n) is 5.35. The van der Waals surface area contributed by atoms with Gasteiger partial charge in [-0.25, -0.2) is 0 Å². The van der Waals surface area contributed by atoms with Crippen molar-refractivity contribution in [2.45, 2.75) is 44.2 Å². The minimum Gasteiger partial charge on any atom is -0.380 e. The number of likely N-dealkylation sites (tertiary alicyclic amines) is 1. The molecule has 1 aliphatic heterocycles. The Morgan fingerprint density at radius 3 is 2.75 bits per heavy atom. The summed E-state index contributed by atoms with van der Waals surface area (Å²) >= 11 is 0. The lowest BCUT2D eigenvalue weighted by Gasteiger charge is -2.34. The second kappa shape index (κ2) is 5.99. The molecule has 0 amide bonds. The van der Waals surface area contributed by atoms with Gasteiger partial charge in [0, 0.05) is 32.8 Å². The summed E-state index contributed by atoms with van der Waals surface area (Å²) in [7, 11) is 3.95. The van der Waals surface area contributed by atoms with Gasteiger partial charge in [-0.3, -0.25) is 0 Å². The lowest BCUT2D eigenvalue weighted by Crippen LogP contribution is -2.42. The molecule has 0 aromatic rings. The highest BCUT2D eigenvalue weighted by Gasteiger charge is 2.29. The van der Waals surface area contributed by atoms with Crippen molar-refractivity contribution in [2.24, 2.45) is 5.92 Å². The minimum atomic E-state index is 0.483. The smallest absolute Gasteiger partial charge is 0.0710 e. The summed E-state index contributed by atoms with van der Waals surface area (Å²) in [6.45, 7) is 3.64. The normalized spacial score (nSPS) is 36.8. The third-order valence-electron chi connectivity index (χ3n) is 4.34. The van der Waals surface area contributed by atoms with Crippen LogP contribution in [0.3, 0.4) is 0 Å². The lowest BCUT2D eigenvalue weighted by atomic mass is 9.84. The van der Waals surface area contributed by atoms with Crippen molar-refractivity contribution in [2.75, 3.05) is 33.8 Å². The van der Waals surface area contributed by atoms with Gasteiger partial charge in [0.1, 0.15) is 0 Å².